The first-order valence-corrected chi connectivity index (χ1v) is 7.03. The van der Waals surface area contributed by atoms with Crippen LogP contribution in [0, 0.1) is 3.57 Å². The molecule has 0 saturated carbocycles. The molecule has 0 unspecified atom stereocenters. The van der Waals surface area contributed by atoms with Crippen LogP contribution in [0.1, 0.15) is 15.9 Å². The van der Waals surface area contributed by atoms with Gasteiger partial charge in [0.1, 0.15) is 12.2 Å². The number of methoxy groups -OCH3 is 1. The Kier molecular flexibility index (Phi) is 4.84. The number of hydrogen-bond donors (Lipinski definition) is 1. The van der Waals surface area contributed by atoms with E-state index in [-0.39, 0.29) is 6.61 Å². The van der Waals surface area contributed by atoms with Gasteiger partial charge in [-0.1, -0.05) is 18.2 Å². The Morgan fingerprint density at radius 1 is 1.20 bits per heavy atom. The molecule has 0 radical (unpaired) electrons. The fourth-order valence-corrected chi connectivity index (χ4v) is 2.11. The predicted octanol–water partition coefficient (Wildman–Crippen LogP) is 3.24. The molecule has 4 nitrogen and oxygen atoms in total. The summed E-state index contributed by atoms with van der Waals surface area (Å²) in [5.74, 6) is -0.104. The topological polar surface area (TPSA) is 61.5 Å². The number of carbonyl (C=O) groups excluding carboxylic acids is 1. The first-order chi connectivity index (χ1) is 9.61. The third kappa shape index (κ3) is 3.41. The van der Waals surface area contributed by atoms with Crippen LogP contribution in [0.4, 0.5) is 5.69 Å². The van der Waals surface area contributed by atoms with E-state index in [1.165, 1.54) is 7.11 Å². The second kappa shape index (κ2) is 6.60. The van der Waals surface area contributed by atoms with Crippen molar-refractivity contribution in [2.24, 2.45) is 0 Å². The van der Waals surface area contributed by atoms with Crippen molar-refractivity contribution in [3.8, 4) is 5.75 Å². The Labute approximate surface area is 131 Å². The van der Waals surface area contributed by atoms with Gasteiger partial charge in [0, 0.05) is 3.57 Å². The average Bonchev–Trinajstić information content (AvgIpc) is 2.46. The molecule has 0 atom stereocenters. The standard InChI is InChI=1S/C15H14INO3/c1-19-14-12(3-2-4-13(14)17)15(18)20-9-10-5-7-11(16)8-6-10/h2-8H,9,17H2,1H3. The van der Waals surface area contributed by atoms with Crippen molar-refractivity contribution in [2.75, 3.05) is 12.8 Å². The summed E-state index contributed by atoms with van der Waals surface area (Å²) < 4.78 is 11.5. The Morgan fingerprint density at radius 3 is 2.55 bits per heavy atom. The highest BCUT2D eigenvalue weighted by Crippen LogP contribution is 2.26. The summed E-state index contributed by atoms with van der Waals surface area (Å²) in [4.78, 5) is 12.1. The number of rotatable bonds is 4. The summed E-state index contributed by atoms with van der Waals surface area (Å²) >= 11 is 2.22. The molecule has 0 aliphatic carbocycles. The number of ether oxygens (including phenoxy) is 2. The zero-order valence-corrected chi connectivity index (χ0v) is 13.1. The minimum Gasteiger partial charge on any atom is -0.494 e. The van der Waals surface area contributed by atoms with Gasteiger partial charge >= 0.3 is 5.97 Å². The van der Waals surface area contributed by atoms with Crippen molar-refractivity contribution < 1.29 is 14.3 Å². The van der Waals surface area contributed by atoms with Crippen LogP contribution in [0.2, 0.25) is 0 Å². The van der Waals surface area contributed by atoms with Gasteiger partial charge in [0.2, 0.25) is 0 Å². The smallest absolute Gasteiger partial charge is 0.342 e. The lowest BCUT2D eigenvalue weighted by molar-refractivity contribution is 0.0469. The summed E-state index contributed by atoms with van der Waals surface area (Å²) in [6.07, 6.45) is 0. The molecule has 20 heavy (non-hydrogen) atoms. The summed E-state index contributed by atoms with van der Waals surface area (Å²) in [5, 5.41) is 0. The maximum atomic E-state index is 12.1. The maximum Gasteiger partial charge on any atom is 0.342 e. The van der Waals surface area contributed by atoms with E-state index in [0.717, 1.165) is 9.13 Å². The molecule has 0 bridgehead atoms. The van der Waals surface area contributed by atoms with Crippen molar-refractivity contribution >= 4 is 34.2 Å². The van der Waals surface area contributed by atoms with Crippen LogP contribution in [0.5, 0.6) is 5.75 Å². The van der Waals surface area contributed by atoms with E-state index >= 15 is 0 Å². The molecule has 0 amide bonds. The summed E-state index contributed by atoms with van der Waals surface area (Å²) in [5.41, 5.74) is 7.44. The third-order valence-corrected chi connectivity index (χ3v) is 3.47. The van der Waals surface area contributed by atoms with E-state index < -0.39 is 5.97 Å². The first-order valence-electron chi connectivity index (χ1n) is 5.96. The molecule has 0 fully saturated rings. The molecule has 5 heteroatoms. The van der Waals surface area contributed by atoms with Crippen LogP contribution < -0.4 is 10.5 Å². The van der Waals surface area contributed by atoms with Crippen molar-refractivity contribution in [2.45, 2.75) is 6.61 Å². The van der Waals surface area contributed by atoms with Gasteiger partial charge in [0.25, 0.3) is 0 Å². The molecule has 0 aromatic heterocycles. The molecule has 2 rings (SSSR count). The van der Waals surface area contributed by atoms with E-state index in [4.69, 9.17) is 15.2 Å². The number of esters is 1. The van der Waals surface area contributed by atoms with Crippen molar-refractivity contribution in [1.29, 1.82) is 0 Å². The second-order valence-electron chi connectivity index (χ2n) is 4.13. The summed E-state index contributed by atoms with van der Waals surface area (Å²) in [7, 11) is 1.47. The first kappa shape index (κ1) is 14.6. The van der Waals surface area contributed by atoms with Gasteiger partial charge in [-0.05, 0) is 52.4 Å². The number of benzene rings is 2. The molecular formula is C15H14INO3. The van der Waals surface area contributed by atoms with E-state index in [2.05, 4.69) is 22.6 Å². The van der Waals surface area contributed by atoms with Gasteiger partial charge in [0.05, 0.1) is 12.8 Å². The number of para-hydroxylation sites is 1. The zero-order valence-electron chi connectivity index (χ0n) is 10.9. The Balaban J connectivity index is 2.09. The van der Waals surface area contributed by atoms with E-state index in [1.807, 2.05) is 24.3 Å². The molecule has 104 valence electrons. The van der Waals surface area contributed by atoms with Crippen molar-refractivity contribution in [3.63, 3.8) is 0 Å². The van der Waals surface area contributed by atoms with Crippen LogP contribution in [-0.2, 0) is 11.3 Å². The average molecular weight is 383 g/mol. The lowest BCUT2D eigenvalue weighted by Crippen LogP contribution is -2.08. The minimum absolute atomic E-state index is 0.216. The van der Waals surface area contributed by atoms with Gasteiger partial charge in [-0.15, -0.1) is 0 Å². The van der Waals surface area contributed by atoms with Gasteiger partial charge in [0.15, 0.2) is 5.75 Å². The summed E-state index contributed by atoms with van der Waals surface area (Å²) in [6.45, 7) is 0.216. The molecule has 2 N–H and O–H groups in total. The fourth-order valence-electron chi connectivity index (χ4n) is 1.75. The van der Waals surface area contributed by atoms with E-state index in [9.17, 15) is 4.79 Å². The number of nitrogens with two attached hydrogens (primary N) is 1. The molecule has 0 saturated heterocycles. The van der Waals surface area contributed by atoms with Gasteiger partial charge in [-0.3, -0.25) is 0 Å². The number of anilines is 1. The Hall–Kier alpha value is -1.76. The van der Waals surface area contributed by atoms with Gasteiger partial charge in [-0.25, -0.2) is 4.79 Å². The predicted molar refractivity (Wildman–Crippen MR) is 85.7 cm³/mol. The maximum absolute atomic E-state index is 12.1. The monoisotopic (exact) mass is 383 g/mol. The molecule has 0 spiro atoms. The third-order valence-electron chi connectivity index (χ3n) is 2.75. The van der Waals surface area contributed by atoms with Crippen LogP contribution >= 0.6 is 22.6 Å². The van der Waals surface area contributed by atoms with Crippen molar-refractivity contribution in [3.05, 3.63) is 57.2 Å². The zero-order chi connectivity index (χ0) is 14.5. The highest BCUT2D eigenvalue weighted by atomic mass is 127. The molecule has 2 aromatic carbocycles. The Bertz CT molecular complexity index is 611. The molecule has 0 aliphatic rings. The number of hydrogen-bond acceptors (Lipinski definition) is 4. The lowest BCUT2D eigenvalue weighted by Gasteiger charge is -2.10. The normalized spacial score (nSPS) is 10.1. The van der Waals surface area contributed by atoms with Gasteiger partial charge < -0.3 is 15.2 Å². The second-order valence-corrected chi connectivity index (χ2v) is 5.38. The minimum atomic E-state index is -0.451. The van der Waals surface area contributed by atoms with E-state index in [1.54, 1.807) is 18.2 Å². The highest BCUT2D eigenvalue weighted by Gasteiger charge is 2.15. The largest absolute Gasteiger partial charge is 0.494 e. The number of nitrogen functional groups attached to an aromatic ring is 1. The van der Waals surface area contributed by atoms with Gasteiger partial charge in [-0.2, -0.15) is 0 Å². The van der Waals surface area contributed by atoms with Crippen LogP contribution in [0.25, 0.3) is 0 Å². The molecule has 0 heterocycles. The number of carbonyl (C=O) groups is 1. The quantitative estimate of drug-likeness (QED) is 0.500. The van der Waals surface area contributed by atoms with Crippen LogP contribution in [0.15, 0.2) is 42.5 Å². The highest BCUT2D eigenvalue weighted by molar-refractivity contribution is 14.1. The van der Waals surface area contributed by atoms with Crippen LogP contribution in [-0.4, -0.2) is 13.1 Å². The van der Waals surface area contributed by atoms with Crippen LogP contribution in [0.3, 0.4) is 0 Å². The molecular weight excluding hydrogens is 369 g/mol. The van der Waals surface area contributed by atoms with E-state index in [0.29, 0.717) is 17.0 Å². The molecule has 2 aromatic rings. The number of halogens is 1. The SMILES string of the molecule is COc1c(N)cccc1C(=O)OCc1ccc(I)cc1. The summed E-state index contributed by atoms with van der Waals surface area (Å²) in [6, 6.07) is 12.8. The molecule has 0 aliphatic heterocycles. The van der Waals surface area contributed by atoms with Crippen molar-refractivity contribution in [1.82, 2.24) is 0 Å². The fraction of sp³-hybridized carbons (Fsp3) is 0.133. The Morgan fingerprint density at radius 2 is 1.90 bits per heavy atom. The lowest BCUT2D eigenvalue weighted by atomic mass is 10.1.